The molecule has 0 aliphatic carbocycles. The maximum Gasteiger partial charge on any atom is 0.347 e. The third-order valence-corrected chi connectivity index (χ3v) is 3.26. The van der Waals surface area contributed by atoms with Gasteiger partial charge in [0, 0.05) is 11.1 Å². The molecule has 0 saturated carbocycles. The zero-order valence-electron chi connectivity index (χ0n) is 13.1. The van der Waals surface area contributed by atoms with E-state index in [4.69, 9.17) is 21.1 Å². The van der Waals surface area contributed by atoms with Gasteiger partial charge in [0.1, 0.15) is 17.4 Å². The van der Waals surface area contributed by atoms with Crippen molar-refractivity contribution < 1.29 is 27.8 Å². The van der Waals surface area contributed by atoms with Crippen molar-refractivity contribution in [2.45, 2.75) is 13.0 Å². The van der Waals surface area contributed by atoms with Gasteiger partial charge >= 0.3 is 5.97 Å². The molecule has 132 valence electrons. The van der Waals surface area contributed by atoms with Crippen molar-refractivity contribution >= 4 is 29.2 Å². The van der Waals surface area contributed by atoms with Gasteiger partial charge in [-0.1, -0.05) is 11.6 Å². The molecular formula is C17H14ClF2NO4. The number of amides is 1. The summed E-state index contributed by atoms with van der Waals surface area (Å²) in [4.78, 5) is 23.5. The van der Waals surface area contributed by atoms with Gasteiger partial charge in [-0.25, -0.2) is 13.6 Å². The molecule has 1 amide bonds. The molecule has 0 saturated heterocycles. The molecule has 1 unspecified atom stereocenters. The summed E-state index contributed by atoms with van der Waals surface area (Å²) < 4.78 is 36.3. The molecule has 0 aliphatic rings. The fourth-order valence-electron chi connectivity index (χ4n) is 1.80. The second-order valence-electron chi connectivity index (χ2n) is 4.99. The lowest BCUT2D eigenvalue weighted by molar-refractivity contribution is -0.153. The van der Waals surface area contributed by atoms with Gasteiger partial charge in [-0.15, -0.1) is 0 Å². The molecule has 1 atom stereocenters. The number of benzene rings is 2. The van der Waals surface area contributed by atoms with Gasteiger partial charge in [0.2, 0.25) is 0 Å². The van der Waals surface area contributed by atoms with Gasteiger partial charge in [-0.05, 0) is 43.3 Å². The maximum atomic E-state index is 13.4. The smallest absolute Gasteiger partial charge is 0.347 e. The average Bonchev–Trinajstić information content (AvgIpc) is 2.57. The van der Waals surface area contributed by atoms with E-state index in [-0.39, 0.29) is 5.69 Å². The zero-order chi connectivity index (χ0) is 18.4. The molecule has 2 aromatic carbocycles. The molecule has 0 aromatic heterocycles. The zero-order valence-corrected chi connectivity index (χ0v) is 13.8. The number of hydrogen-bond donors (Lipinski definition) is 1. The first-order chi connectivity index (χ1) is 11.8. The molecule has 2 aromatic rings. The first-order valence-corrected chi connectivity index (χ1v) is 7.56. The van der Waals surface area contributed by atoms with Gasteiger partial charge in [0.15, 0.2) is 12.7 Å². The highest BCUT2D eigenvalue weighted by Gasteiger charge is 2.18. The minimum atomic E-state index is -0.962. The SMILES string of the molecule is CC(Oc1ccc(Cl)cc1)C(=O)OCC(=O)Nc1ccc(F)cc1F. The number of ether oxygens (including phenoxy) is 2. The summed E-state index contributed by atoms with van der Waals surface area (Å²) in [5, 5.41) is 2.69. The molecule has 2 rings (SSSR count). The summed E-state index contributed by atoms with van der Waals surface area (Å²) in [5.41, 5.74) is -0.215. The van der Waals surface area contributed by atoms with Gasteiger partial charge < -0.3 is 14.8 Å². The summed E-state index contributed by atoms with van der Waals surface area (Å²) in [6, 6.07) is 9.04. The van der Waals surface area contributed by atoms with Crippen LogP contribution in [0.1, 0.15) is 6.92 Å². The van der Waals surface area contributed by atoms with Crippen LogP contribution in [0.15, 0.2) is 42.5 Å². The number of rotatable bonds is 6. The van der Waals surface area contributed by atoms with Gasteiger partial charge in [-0.3, -0.25) is 4.79 Å². The fraction of sp³-hybridized carbons (Fsp3) is 0.176. The van der Waals surface area contributed by atoms with E-state index in [2.05, 4.69) is 5.32 Å². The first kappa shape index (κ1) is 18.7. The quantitative estimate of drug-likeness (QED) is 0.791. The Morgan fingerprint density at radius 3 is 2.48 bits per heavy atom. The van der Waals surface area contributed by atoms with Crippen LogP contribution >= 0.6 is 11.6 Å². The largest absolute Gasteiger partial charge is 0.479 e. The van der Waals surface area contributed by atoms with Gasteiger partial charge in [-0.2, -0.15) is 0 Å². The summed E-state index contributed by atoms with van der Waals surface area (Å²) in [7, 11) is 0. The number of nitrogens with one attached hydrogen (secondary N) is 1. The minimum absolute atomic E-state index is 0.215. The number of hydrogen-bond acceptors (Lipinski definition) is 4. The van der Waals surface area contributed by atoms with Crippen LogP contribution < -0.4 is 10.1 Å². The van der Waals surface area contributed by atoms with Crippen LogP contribution in [-0.4, -0.2) is 24.6 Å². The molecule has 0 heterocycles. The summed E-state index contributed by atoms with van der Waals surface area (Å²) in [6.45, 7) is 0.818. The van der Waals surface area contributed by atoms with E-state index in [0.717, 1.165) is 12.1 Å². The van der Waals surface area contributed by atoms with Crippen LogP contribution in [-0.2, 0) is 14.3 Å². The highest BCUT2D eigenvalue weighted by atomic mass is 35.5. The van der Waals surface area contributed by atoms with E-state index in [9.17, 15) is 18.4 Å². The Morgan fingerprint density at radius 1 is 1.16 bits per heavy atom. The monoisotopic (exact) mass is 369 g/mol. The molecular weight excluding hydrogens is 356 g/mol. The van der Waals surface area contributed by atoms with Crippen molar-refractivity contribution in [1.82, 2.24) is 0 Å². The van der Waals surface area contributed by atoms with Crippen LogP contribution in [0.2, 0.25) is 5.02 Å². The lowest BCUT2D eigenvalue weighted by atomic mass is 10.3. The molecule has 0 spiro atoms. The normalized spacial score (nSPS) is 11.5. The molecule has 0 radical (unpaired) electrons. The van der Waals surface area contributed by atoms with Gasteiger partial charge in [0.05, 0.1) is 5.69 Å². The Kier molecular flexibility index (Phi) is 6.30. The van der Waals surface area contributed by atoms with Crippen LogP contribution in [0.5, 0.6) is 5.75 Å². The lowest BCUT2D eigenvalue weighted by Gasteiger charge is -2.14. The molecule has 0 bridgehead atoms. The number of carbonyl (C=O) groups is 2. The van der Waals surface area contributed by atoms with Crippen molar-refractivity contribution in [2.75, 3.05) is 11.9 Å². The van der Waals surface area contributed by atoms with Crippen LogP contribution in [0.4, 0.5) is 14.5 Å². The second-order valence-corrected chi connectivity index (χ2v) is 5.43. The maximum absolute atomic E-state index is 13.4. The Bertz CT molecular complexity index is 768. The fourth-order valence-corrected chi connectivity index (χ4v) is 1.92. The number of anilines is 1. The lowest BCUT2D eigenvalue weighted by Crippen LogP contribution is -2.29. The Morgan fingerprint density at radius 2 is 1.84 bits per heavy atom. The van der Waals surface area contributed by atoms with Crippen molar-refractivity contribution in [3.05, 3.63) is 59.1 Å². The predicted octanol–water partition coefficient (Wildman–Crippen LogP) is 3.57. The molecule has 0 fully saturated rings. The highest BCUT2D eigenvalue weighted by molar-refractivity contribution is 6.30. The molecule has 0 aliphatic heterocycles. The average molecular weight is 370 g/mol. The van der Waals surface area contributed by atoms with Crippen LogP contribution in [0, 0.1) is 11.6 Å². The third kappa shape index (κ3) is 5.72. The van der Waals surface area contributed by atoms with Gasteiger partial charge in [0.25, 0.3) is 5.91 Å². The van der Waals surface area contributed by atoms with Crippen molar-refractivity contribution in [3.63, 3.8) is 0 Å². The summed E-state index contributed by atoms with van der Waals surface area (Å²) in [5.74, 6) is -2.83. The Balaban J connectivity index is 1.82. The van der Waals surface area contributed by atoms with E-state index in [0.29, 0.717) is 16.8 Å². The third-order valence-electron chi connectivity index (χ3n) is 3.01. The van der Waals surface area contributed by atoms with Crippen LogP contribution in [0.3, 0.4) is 0 Å². The van der Waals surface area contributed by atoms with E-state index < -0.39 is 36.2 Å². The Labute approximate surface area is 147 Å². The van der Waals surface area contributed by atoms with E-state index in [1.807, 2.05) is 0 Å². The van der Waals surface area contributed by atoms with Crippen molar-refractivity contribution in [2.24, 2.45) is 0 Å². The minimum Gasteiger partial charge on any atom is -0.479 e. The summed E-state index contributed by atoms with van der Waals surface area (Å²) >= 11 is 5.74. The Hall–Kier alpha value is -2.67. The number of esters is 1. The van der Waals surface area contributed by atoms with Crippen molar-refractivity contribution in [1.29, 1.82) is 0 Å². The topological polar surface area (TPSA) is 64.6 Å². The second kappa shape index (κ2) is 8.43. The molecule has 5 nitrogen and oxygen atoms in total. The molecule has 25 heavy (non-hydrogen) atoms. The molecule has 8 heteroatoms. The number of carbonyl (C=O) groups excluding carboxylic acids is 2. The number of halogens is 3. The standard InChI is InChI=1S/C17H14ClF2NO4/c1-10(25-13-5-2-11(18)3-6-13)17(23)24-9-16(22)21-15-7-4-12(19)8-14(15)20/h2-8,10H,9H2,1H3,(H,21,22). The molecule has 1 N–H and O–H groups in total. The highest BCUT2D eigenvalue weighted by Crippen LogP contribution is 2.17. The van der Waals surface area contributed by atoms with E-state index >= 15 is 0 Å². The van der Waals surface area contributed by atoms with E-state index in [1.54, 1.807) is 24.3 Å². The summed E-state index contributed by atoms with van der Waals surface area (Å²) in [6.07, 6.45) is -0.962. The van der Waals surface area contributed by atoms with E-state index in [1.165, 1.54) is 6.92 Å². The van der Waals surface area contributed by atoms with Crippen LogP contribution in [0.25, 0.3) is 0 Å². The first-order valence-electron chi connectivity index (χ1n) is 7.19. The predicted molar refractivity (Wildman–Crippen MR) is 87.5 cm³/mol. The van der Waals surface area contributed by atoms with Crippen molar-refractivity contribution in [3.8, 4) is 5.75 Å².